The quantitative estimate of drug-likeness (QED) is 0.885. The SMILES string of the molecule is CC(C)(C)S(=O)NC1CCCCN(C(=O)OCc2ccccc2)CC1. The fourth-order valence-electron chi connectivity index (χ4n) is 2.70. The molecule has 2 rings (SSSR count). The number of amides is 1. The fourth-order valence-corrected chi connectivity index (χ4v) is 3.59. The predicted molar refractivity (Wildman–Crippen MR) is 101 cm³/mol. The van der Waals surface area contributed by atoms with Crippen molar-refractivity contribution in [1.29, 1.82) is 0 Å². The van der Waals surface area contributed by atoms with Gasteiger partial charge in [0, 0.05) is 19.1 Å². The van der Waals surface area contributed by atoms with Gasteiger partial charge in [0.15, 0.2) is 0 Å². The molecule has 0 spiro atoms. The average molecular weight is 367 g/mol. The molecule has 1 fully saturated rings. The van der Waals surface area contributed by atoms with Gasteiger partial charge in [-0.1, -0.05) is 36.8 Å². The third-order valence-corrected chi connectivity index (χ3v) is 5.93. The van der Waals surface area contributed by atoms with E-state index in [1.54, 1.807) is 4.90 Å². The minimum atomic E-state index is -1.08. The smallest absolute Gasteiger partial charge is 0.410 e. The fraction of sp³-hybridized carbons (Fsp3) is 0.632. The molecule has 1 heterocycles. The second-order valence-corrected chi connectivity index (χ2v) is 9.51. The van der Waals surface area contributed by atoms with E-state index in [9.17, 15) is 9.00 Å². The van der Waals surface area contributed by atoms with E-state index in [4.69, 9.17) is 4.74 Å². The lowest BCUT2D eigenvalue weighted by Crippen LogP contribution is -2.43. The number of nitrogens with one attached hydrogen (secondary N) is 1. The summed E-state index contributed by atoms with van der Waals surface area (Å²) in [7, 11) is -1.08. The zero-order valence-electron chi connectivity index (χ0n) is 15.5. The number of ether oxygens (including phenoxy) is 1. The van der Waals surface area contributed by atoms with Crippen molar-refractivity contribution in [2.45, 2.75) is 63.9 Å². The minimum Gasteiger partial charge on any atom is -0.445 e. The Morgan fingerprint density at radius 1 is 1.20 bits per heavy atom. The zero-order chi connectivity index (χ0) is 18.3. The number of nitrogens with zero attached hydrogens (tertiary/aromatic N) is 1. The van der Waals surface area contributed by atoms with Crippen LogP contribution in [0, 0.1) is 0 Å². The molecule has 2 atom stereocenters. The first-order chi connectivity index (χ1) is 11.9. The van der Waals surface area contributed by atoms with E-state index in [0.717, 1.165) is 37.8 Å². The largest absolute Gasteiger partial charge is 0.445 e. The highest BCUT2D eigenvalue weighted by Gasteiger charge is 2.25. The normalized spacial score (nSPS) is 20.4. The van der Waals surface area contributed by atoms with Gasteiger partial charge >= 0.3 is 6.09 Å². The first-order valence-corrected chi connectivity index (χ1v) is 10.1. The van der Waals surface area contributed by atoms with Gasteiger partial charge in [0.25, 0.3) is 0 Å². The summed E-state index contributed by atoms with van der Waals surface area (Å²) in [4.78, 5) is 14.1. The summed E-state index contributed by atoms with van der Waals surface area (Å²) < 4.78 is 20.7. The van der Waals surface area contributed by atoms with Gasteiger partial charge in [0.1, 0.15) is 6.61 Å². The highest BCUT2D eigenvalue weighted by atomic mass is 32.2. The molecule has 0 bridgehead atoms. The van der Waals surface area contributed by atoms with Gasteiger partial charge in [-0.25, -0.2) is 13.7 Å². The molecular formula is C19H30N2O3S. The first-order valence-electron chi connectivity index (χ1n) is 9.00. The van der Waals surface area contributed by atoms with Crippen LogP contribution < -0.4 is 4.72 Å². The average Bonchev–Trinajstić information content (AvgIpc) is 2.55. The molecular weight excluding hydrogens is 336 g/mol. The molecule has 0 aliphatic carbocycles. The molecule has 1 aliphatic rings. The van der Waals surface area contributed by atoms with E-state index in [2.05, 4.69) is 4.72 Å². The number of hydrogen-bond acceptors (Lipinski definition) is 3. The van der Waals surface area contributed by atoms with Gasteiger partial charge in [-0.05, 0) is 45.6 Å². The maximum Gasteiger partial charge on any atom is 0.410 e. The predicted octanol–water partition coefficient (Wildman–Crippen LogP) is 3.62. The zero-order valence-corrected chi connectivity index (χ0v) is 16.3. The summed E-state index contributed by atoms with van der Waals surface area (Å²) in [5.41, 5.74) is 0.989. The van der Waals surface area contributed by atoms with E-state index in [1.807, 2.05) is 51.1 Å². The Hall–Kier alpha value is -1.40. The Labute approximate surface area is 153 Å². The third kappa shape index (κ3) is 6.78. The first kappa shape index (κ1) is 19.9. The summed E-state index contributed by atoms with van der Waals surface area (Å²) in [5.74, 6) is 0. The van der Waals surface area contributed by atoms with Crippen molar-refractivity contribution in [3.05, 3.63) is 35.9 Å². The van der Waals surface area contributed by atoms with Crippen LogP contribution in [0.1, 0.15) is 52.0 Å². The van der Waals surface area contributed by atoms with Crippen LogP contribution in [0.2, 0.25) is 0 Å². The maximum atomic E-state index is 12.3. The van der Waals surface area contributed by atoms with Gasteiger partial charge in [0.05, 0.1) is 15.7 Å². The summed E-state index contributed by atoms with van der Waals surface area (Å²) in [6.07, 6.45) is 3.49. The standard InChI is InChI=1S/C19H30N2O3S/c1-19(2,3)25(23)20-17-11-7-8-13-21(14-12-17)18(22)24-15-16-9-5-4-6-10-16/h4-6,9-10,17,20H,7-8,11-15H2,1-3H3. The van der Waals surface area contributed by atoms with Gasteiger partial charge in [-0.2, -0.15) is 0 Å². The lowest BCUT2D eigenvalue weighted by atomic mass is 10.0. The molecule has 1 aromatic carbocycles. The molecule has 1 aromatic rings. The number of carbonyl (C=O) groups excluding carboxylic acids is 1. The topological polar surface area (TPSA) is 58.6 Å². The van der Waals surface area contributed by atoms with Crippen LogP contribution in [-0.4, -0.2) is 39.1 Å². The van der Waals surface area contributed by atoms with Crippen molar-refractivity contribution >= 4 is 17.1 Å². The monoisotopic (exact) mass is 366 g/mol. The molecule has 1 amide bonds. The van der Waals surface area contributed by atoms with Crippen LogP contribution in [0.25, 0.3) is 0 Å². The summed E-state index contributed by atoms with van der Waals surface area (Å²) >= 11 is 0. The highest BCUT2D eigenvalue weighted by molar-refractivity contribution is 7.84. The molecule has 25 heavy (non-hydrogen) atoms. The third-order valence-electron chi connectivity index (χ3n) is 4.27. The van der Waals surface area contributed by atoms with Crippen LogP contribution in [0.15, 0.2) is 30.3 Å². The number of hydrogen-bond donors (Lipinski definition) is 1. The van der Waals surface area contributed by atoms with E-state index in [1.165, 1.54) is 0 Å². The molecule has 0 saturated carbocycles. The Morgan fingerprint density at radius 3 is 2.60 bits per heavy atom. The molecule has 5 nitrogen and oxygen atoms in total. The summed E-state index contributed by atoms with van der Waals surface area (Å²) in [6.45, 7) is 7.55. The molecule has 140 valence electrons. The summed E-state index contributed by atoms with van der Waals surface area (Å²) in [6, 6.07) is 9.88. The Kier molecular flexibility index (Phi) is 7.44. The maximum absolute atomic E-state index is 12.3. The second kappa shape index (κ2) is 9.34. The highest BCUT2D eigenvalue weighted by Crippen LogP contribution is 2.16. The number of benzene rings is 1. The van der Waals surface area contributed by atoms with Gasteiger partial charge in [-0.3, -0.25) is 0 Å². The van der Waals surface area contributed by atoms with Crippen LogP contribution in [0.4, 0.5) is 4.79 Å². The second-order valence-electron chi connectivity index (χ2n) is 7.51. The van der Waals surface area contributed by atoms with Crippen molar-refractivity contribution in [3.8, 4) is 0 Å². The number of rotatable bonds is 4. The molecule has 2 unspecified atom stereocenters. The Morgan fingerprint density at radius 2 is 1.92 bits per heavy atom. The molecule has 1 saturated heterocycles. The number of carbonyl (C=O) groups is 1. The van der Waals surface area contributed by atoms with E-state index in [-0.39, 0.29) is 16.9 Å². The molecule has 1 aliphatic heterocycles. The van der Waals surface area contributed by atoms with E-state index < -0.39 is 11.0 Å². The van der Waals surface area contributed by atoms with E-state index >= 15 is 0 Å². The lowest BCUT2D eigenvalue weighted by molar-refractivity contribution is 0.0921. The molecule has 1 N–H and O–H groups in total. The van der Waals surface area contributed by atoms with Crippen molar-refractivity contribution in [2.75, 3.05) is 13.1 Å². The Bertz CT molecular complexity index is 572. The van der Waals surface area contributed by atoms with Crippen molar-refractivity contribution in [2.24, 2.45) is 0 Å². The van der Waals surface area contributed by atoms with Crippen LogP contribution in [-0.2, 0) is 22.3 Å². The van der Waals surface area contributed by atoms with Gasteiger partial charge in [-0.15, -0.1) is 0 Å². The van der Waals surface area contributed by atoms with Crippen molar-refractivity contribution in [3.63, 3.8) is 0 Å². The van der Waals surface area contributed by atoms with E-state index in [0.29, 0.717) is 13.2 Å². The van der Waals surface area contributed by atoms with Gasteiger partial charge in [0.2, 0.25) is 0 Å². The lowest BCUT2D eigenvalue weighted by Gasteiger charge is -2.30. The van der Waals surface area contributed by atoms with Crippen LogP contribution in [0.5, 0.6) is 0 Å². The number of likely N-dealkylation sites (tertiary alicyclic amines) is 1. The van der Waals surface area contributed by atoms with Crippen molar-refractivity contribution in [1.82, 2.24) is 9.62 Å². The molecule has 0 aromatic heterocycles. The van der Waals surface area contributed by atoms with Crippen LogP contribution >= 0.6 is 0 Å². The Balaban J connectivity index is 1.83. The molecule has 6 heteroatoms. The van der Waals surface area contributed by atoms with Gasteiger partial charge < -0.3 is 9.64 Å². The molecule has 0 radical (unpaired) electrons. The minimum absolute atomic E-state index is 0.171. The summed E-state index contributed by atoms with van der Waals surface area (Å²) in [5, 5.41) is 0. The van der Waals surface area contributed by atoms with Crippen molar-refractivity contribution < 1.29 is 13.7 Å². The van der Waals surface area contributed by atoms with Crippen LogP contribution in [0.3, 0.4) is 0 Å².